The van der Waals surface area contributed by atoms with E-state index in [9.17, 15) is 4.79 Å². The average molecular weight is 305 g/mol. The Morgan fingerprint density at radius 3 is 2.67 bits per heavy atom. The van der Waals surface area contributed by atoms with Crippen molar-refractivity contribution in [1.29, 1.82) is 0 Å². The molecule has 0 saturated carbocycles. The summed E-state index contributed by atoms with van der Waals surface area (Å²) in [5, 5.41) is 2.04. The predicted molar refractivity (Wildman–Crippen MR) is 84.2 cm³/mol. The maximum absolute atomic E-state index is 11.4. The zero-order valence-electron chi connectivity index (χ0n) is 12.2. The number of primary amides is 1. The van der Waals surface area contributed by atoms with Crippen molar-refractivity contribution in [2.45, 2.75) is 26.4 Å². The summed E-state index contributed by atoms with van der Waals surface area (Å²) in [4.78, 5) is 12.6. The van der Waals surface area contributed by atoms with E-state index < -0.39 is 5.91 Å². The van der Waals surface area contributed by atoms with Crippen LogP contribution in [0, 0.1) is 0 Å². The summed E-state index contributed by atoms with van der Waals surface area (Å²) in [6.07, 6.45) is 0.853. The van der Waals surface area contributed by atoms with Gasteiger partial charge in [-0.15, -0.1) is 11.3 Å². The van der Waals surface area contributed by atoms with Crippen LogP contribution in [0.3, 0.4) is 0 Å². The van der Waals surface area contributed by atoms with Gasteiger partial charge in [0.1, 0.15) is 11.5 Å². The van der Waals surface area contributed by atoms with Crippen LogP contribution in [0.4, 0.5) is 0 Å². The number of hydrogen-bond donors (Lipinski definition) is 1. The van der Waals surface area contributed by atoms with Crippen LogP contribution in [-0.2, 0) is 6.42 Å². The molecule has 2 aromatic rings. The molecule has 1 amide bonds. The van der Waals surface area contributed by atoms with E-state index in [1.807, 2.05) is 25.3 Å². The fourth-order valence-electron chi connectivity index (χ4n) is 1.86. The standard InChI is InChI=1S/C16H19NO3S/c1-11(2)20-14-9-12(16(17)18)8-13(10-14)19-6-5-15-4-3-7-21-15/h3-4,7-11H,5-6H2,1-2H3,(H2,17,18). The Morgan fingerprint density at radius 1 is 1.29 bits per heavy atom. The van der Waals surface area contributed by atoms with Gasteiger partial charge in [0, 0.05) is 22.9 Å². The van der Waals surface area contributed by atoms with Gasteiger partial charge in [-0.25, -0.2) is 0 Å². The second-order valence-electron chi connectivity index (χ2n) is 4.90. The lowest BCUT2D eigenvalue weighted by Gasteiger charge is -2.13. The minimum atomic E-state index is -0.493. The Bertz CT molecular complexity index is 594. The molecule has 0 aliphatic carbocycles. The van der Waals surface area contributed by atoms with E-state index in [0.717, 1.165) is 6.42 Å². The minimum Gasteiger partial charge on any atom is -0.493 e. The summed E-state index contributed by atoms with van der Waals surface area (Å²) < 4.78 is 11.3. The second-order valence-corrected chi connectivity index (χ2v) is 5.93. The largest absolute Gasteiger partial charge is 0.493 e. The monoisotopic (exact) mass is 305 g/mol. The second kappa shape index (κ2) is 7.13. The quantitative estimate of drug-likeness (QED) is 0.854. The summed E-state index contributed by atoms with van der Waals surface area (Å²) in [7, 11) is 0. The third-order valence-electron chi connectivity index (χ3n) is 2.73. The molecule has 0 unspecified atom stereocenters. The summed E-state index contributed by atoms with van der Waals surface area (Å²) >= 11 is 1.70. The molecular formula is C16H19NO3S. The lowest BCUT2D eigenvalue weighted by Crippen LogP contribution is -2.13. The van der Waals surface area contributed by atoms with Crippen LogP contribution in [0.5, 0.6) is 11.5 Å². The van der Waals surface area contributed by atoms with Crippen LogP contribution >= 0.6 is 11.3 Å². The molecule has 2 N–H and O–H groups in total. The molecule has 0 aliphatic heterocycles. The maximum atomic E-state index is 11.4. The van der Waals surface area contributed by atoms with E-state index >= 15 is 0 Å². The number of thiophene rings is 1. The Kier molecular flexibility index (Phi) is 5.22. The van der Waals surface area contributed by atoms with Gasteiger partial charge in [0.25, 0.3) is 0 Å². The molecule has 0 atom stereocenters. The van der Waals surface area contributed by atoms with Gasteiger partial charge < -0.3 is 15.2 Å². The van der Waals surface area contributed by atoms with Crippen LogP contribution < -0.4 is 15.2 Å². The van der Waals surface area contributed by atoms with Crippen molar-refractivity contribution in [2.75, 3.05) is 6.61 Å². The Balaban J connectivity index is 2.06. The van der Waals surface area contributed by atoms with Crippen molar-refractivity contribution in [3.05, 3.63) is 46.2 Å². The van der Waals surface area contributed by atoms with Crippen LogP contribution in [-0.4, -0.2) is 18.6 Å². The topological polar surface area (TPSA) is 61.6 Å². The SMILES string of the molecule is CC(C)Oc1cc(OCCc2cccs2)cc(C(N)=O)c1. The Hall–Kier alpha value is -2.01. The molecule has 112 valence electrons. The molecular weight excluding hydrogens is 286 g/mol. The van der Waals surface area contributed by atoms with Gasteiger partial charge in [-0.05, 0) is 37.4 Å². The summed E-state index contributed by atoms with van der Waals surface area (Å²) in [6, 6.07) is 9.14. The summed E-state index contributed by atoms with van der Waals surface area (Å²) in [5.74, 6) is 0.693. The van der Waals surface area contributed by atoms with E-state index in [1.54, 1.807) is 29.5 Å². The summed E-state index contributed by atoms with van der Waals surface area (Å²) in [6.45, 7) is 4.40. The fraction of sp³-hybridized carbons (Fsp3) is 0.312. The molecule has 1 heterocycles. The van der Waals surface area contributed by atoms with Gasteiger partial charge >= 0.3 is 0 Å². The molecule has 0 radical (unpaired) electrons. The first-order valence-corrected chi connectivity index (χ1v) is 7.69. The van der Waals surface area contributed by atoms with Gasteiger partial charge in [0.15, 0.2) is 0 Å². The molecule has 1 aromatic carbocycles. The third kappa shape index (κ3) is 4.79. The highest BCUT2D eigenvalue weighted by molar-refractivity contribution is 7.09. The molecule has 0 bridgehead atoms. The molecule has 0 aliphatic rings. The number of ether oxygens (including phenoxy) is 2. The third-order valence-corrected chi connectivity index (χ3v) is 3.67. The first-order chi connectivity index (χ1) is 10.0. The van der Waals surface area contributed by atoms with Gasteiger partial charge in [-0.3, -0.25) is 4.79 Å². The highest BCUT2D eigenvalue weighted by atomic mass is 32.1. The number of nitrogens with two attached hydrogens (primary N) is 1. The van der Waals surface area contributed by atoms with Crippen molar-refractivity contribution in [3.8, 4) is 11.5 Å². The molecule has 0 fully saturated rings. The van der Waals surface area contributed by atoms with Gasteiger partial charge in [-0.2, -0.15) is 0 Å². The number of carbonyl (C=O) groups is 1. The molecule has 2 rings (SSSR count). The molecule has 1 aromatic heterocycles. The molecule has 5 heteroatoms. The van der Waals surface area contributed by atoms with Crippen LogP contribution in [0.2, 0.25) is 0 Å². The lowest BCUT2D eigenvalue weighted by molar-refractivity contribution is 0.0999. The van der Waals surface area contributed by atoms with Gasteiger partial charge in [0.05, 0.1) is 12.7 Å². The maximum Gasteiger partial charge on any atom is 0.248 e. The number of hydrogen-bond acceptors (Lipinski definition) is 4. The number of benzene rings is 1. The summed E-state index contributed by atoms with van der Waals surface area (Å²) in [5.41, 5.74) is 5.73. The first kappa shape index (κ1) is 15.4. The van der Waals surface area contributed by atoms with E-state index in [1.165, 1.54) is 4.88 Å². The van der Waals surface area contributed by atoms with Crippen LogP contribution in [0.25, 0.3) is 0 Å². The van der Waals surface area contributed by atoms with Gasteiger partial charge in [-0.1, -0.05) is 6.07 Å². The van der Waals surface area contributed by atoms with Crippen molar-refractivity contribution >= 4 is 17.2 Å². The van der Waals surface area contributed by atoms with Crippen molar-refractivity contribution < 1.29 is 14.3 Å². The highest BCUT2D eigenvalue weighted by Gasteiger charge is 2.08. The average Bonchev–Trinajstić information content (AvgIpc) is 2.90. The zero-order chi connectivity index (χ0) is 15.2. The van der Waals surface area contributed by atoms with Crippen molar-refractivity contribution in [1.82, 2.24) is 0 Å². The van der Waals surface area contributed by atoms with Crippen LogP contribution in [0.1, 0.15) is 29.1 Å². The number of rotatable bonds is 7. The fourth-order valence-corrected chi connectivity index (χ4v) is 2.55. The van der Waals surface area contributed by atoms with E-state index in [4.69, 9.17) is 15.2 Å². The lowest BCUT2D eigenvalue weighted by atomic mass is 10.2. The minimum absolute atomic E-state index is 0.0205. The van der Waals surface area contributed by atoms with Gasteiger partial charge in [0.2, 0.25) is 5.91 Å². The molecule has 0 saturated heterocycles. The van der Waals surface area contributed by atoms with E-state index in [0.29, 0.717) is 23.7 Å². The van der Waals surface area contributed by atoms with Crippen molar-refractivity contribution in [2.24, 2.45) is 5.73 Å². The zero-order valence-corrected chi connectivity index (χ0v) is 13.0. The van der Waals surface area contributed by atoms with E-state index in [-0.39, 0.29) is 6.10 Å². The van der Waals surface area contributed by atoms with Crippen molar-refractivity contribution in [3.63, 3.8) is 0 Å². The number of amides is 1. The molecule has 0 spiro atoms. The van der Waals surface area contributed by atoms with E-state index in [2.05, 4.69) is 6.07 Å². The normalized spacial score (nSPS) is 10.6. The smallest absolute Gasteiger partial charge is 0.248 e. The molecule has 21 heavy (non-hydrogen) atoms. The highest BCUT2D eigenvalue weighted by Crippen LogP contribution is 2.24. The predicted octanol–water partition coefficient (Wildman–Crippen LogP) is 3.26. The molecule has 4 nitrogen and oxygen atoms in total. The Morgan fingerprint density at radius 2 is 2.05 bits per heavy atom. The van der Waals surface area contributed by atoms with Crippen LogP contribution in [0.15, 0.2) is 35.7 Å². The first-order valence-electron chi connectivity index (χ1n) is 6.81. The Labute approximate surface area is 128 Å². The number of carbonyl (C=O) groups excluding carboxylic acids is 1.